The summed E-state index contributed by atoms with van der Waals surface area (Å²) in [6.07, 6.45) is 4.46. The van der Waals surface area contributed by atoms with E-state index in [1.165, 1.54) is 18.5 Å². The second kappa shape index (κ2) is 5.08. The Hall–Kier alpha value is -1.03. The molecule has 0 aliphatic heterocycles. The van der Waals surface area contributed by atoms with Crippen LogP contribution in [0.3, 0.4) is 0 Å². The number of hydrogen-bond acceptors (Lipinski definition) is 3. The SMILES string of the molecule is CCn1ncc(OC)c1C(C)C(C)NC1CC1. The fourth-order valence-electron chi connectivity index (χ4n) is 2.25. The van der Waals surface area contributed by atoms with E-state index in [1.54, 1.807) is 7.11 Å². The predicted molar refractivity (Wildman–Crippen MR) is 68.5 cm³/mol. The molecule has 17 heavy (non-hydrogen) atoms. The van der Waals surface area contributed by atoms with Crippen molar-refractivity contribution < 1.29 is 4.74 Å². The average Bonchev–Trinajstić information content (AvgIpc) is 3.04. The Morgan fingerprint density at radius 2 is 2.24 bits per heavy atom. The summed E-state index contributed by atoms with van der Waals surface area (Å²) in [7, 11) is 1.71. The number of hydrogen-bond donors (Lipinski definition) is 1. The van der Waals surface area contributed by atoms with Gasteiger partial charge in [0.05, 0.1) is 19.0 Å². The predicted octanol–water partition coefficient (Wildman–Crippen LogP) is 2.16. The first-order valence-electron chi connectivity index (χ1n) is 6.53. The third-order valence-electron chi connectivity index (χ3n) is 3.62. The standard InChI is InChI=1S/C13H23N3O/c1-5-16-13(12(17-4)8-14-16)9(2)10(3)15-11-6-7-11/h8-11,15H,5-7H2,1-4H3. The molecule has 0 spiro atoms. The molecule has 1 heterocycles. The molecular formula is C13H23N3O. The summed E-state index contributed by atoms with van der Waals surface area (Å²) in [5.41, 5.74) is 1.20. The van der Waals surface area contributed by atoms with E-state index in [2.05, 4.69) is 31.2 Å². The fraction of sp³-hybridized carbons (Fsp3) is 0.769. The fourth-order valence-corrected chi connectivity index (χ4v) is 2.25. The minimum atomic E-state index is 0.410. The summed E-state index contributed by atoms with van der Waals surface area (Å²) in [4.78, 5) is 0. The molecule has 4 heteroatoms. The van der Waals surface area contributed by atoms with Gasteiger partial charge in [0.15, 0.2) is 5.75 Å². The first-order chi connectivity index (χ1) is 8.17. The van der Waals surface area contributed by atoms with Gasteiger partial charge in [0.25, 0.3) is 0 Å². The molecule has 4 nitrogen and oxygen atoms in total. The highest BCUT2D eigenvalue weighted by Gasteiger charge is 2.28. The Bertz CT molecular complexity index is 349. The lowest BCUT2D eigenvalue weighted by Gasteiger charge is -2.23. The molecule has 1 fully saturated rings. The smallest absolute Gasteiger partial charge is 0.160 e. The zero-order valence-corrected chi connectivity index (χ0v) is 11.2. The maximum Gasteiger partial charge on any atom is 0.160 e. The van der Waals surface area contributed by atoms with Crippen molar-refractivity contribution >= 4 is 0 Å². The van der Waals surface area contributed by atoms with Gasteiger partial charge in [-0.15, -0.1) is 0 Å². The summed E-state index contributed by atoms with van der Waals surface area (Å²) >= 11 is 0. The second-order valence-corrected chi connectivity index (χ2v) is 4.93. The van der Waals surface area contributed by atoms with Crippen molar-refractivity contribution in [1.29, 1.82) is 0 Å². The van der Waals surface area contributed by atoms with Crippen LogP contribution in [0, 0.1) is 0 Å². The summed E-state index contributed by atoms with van der Waals surface area (Å²) in [6.45, 7) is 7.49. The maximum atomic E-state index is 5.41. The third kappa shape index (κ3) is 2.63. The lowest BCUT2D eigenvalue weighted by molar-refractivity contribution is 0.387. The van der Waals surface area contributed by atoms with E-state index < -0.39 is 0 Å². The molecule has 0 radical (unpaired) electrons. The lowest BCUT2D eigenvalue weighted by atomic mass is 9.99. The van der Waals surface area contributed by atoms with E-state index in [1.807, 2.05) is 10.9 Å². The Morgan fingerprint density at radius 3 is 2.76 bits per heavy atom. The van der Waals surface area contributed by atoms with Crippen molar-refractivity contribution in [3.05, 3.63) is 11.9 Å². The molecule has 96 valence electrons. The van der Waals surface area contributed by atoms with E-state index in [-0.39, 0.29) is 0 Å². The zero-order valence-electron chi connectivity index (χ0n) is 11.2. The van der Waals surface area contributed by atoms with Gasteiger partial charge >= 0.3 is 0 Å². The number of aryl methyl sites for hydroxylation is 1. The maximum absolute atomic E-state index is 5.41. The van der Waals surface area contributed by atoms with Crippen LogP contribution in [0.4, 0.5) is 0 Å². The zero-order chi connectivity index (χ0) is 12.4. The summed E-state index contributed by atoms with van der Waals surface area (Å²) in [6, 6.07) is 1.19. The van der Waals surface area contributed by atoms with E-state index in [0.29, 0.717) is 12.0 Å². The van der Waals surface area contributed by atoms with E-state index in [4.69, 9.17) is 4.74 Å². The molecule has 0 amide bonds. The van der Waals surface area contributed by atoms with Gasteiger partial charge in [-0.3, -0.25) is 4.68 Å². The van der Waals surface area contributed by atoms with Gasteiger partial charge in [-0.05, 0) is 26.7 Å². The van der Waals surface area contributed by atoms with Crippen molar-refractivity contribution in [3.8, 4) is 5.75 Å². The van der Waals surface area contributed by atoms with Crippen molar-refractivity contribution in [2.45, 2.75) is 58.2 Å². The van der Waals surface area contributed by atoms with Crippen LogP contribution in [0.25, 0.3) is 0 Å². The quantitative estimate of drug-likeness (QED) is 0.824. The molecular weight excluding hydrogens is 214 g/mol. The number of rotatable bonds is 6. The highest BCUT2D eigenvalue weighted by Crippen LogP contribution is 2.30. The van der Waals surface area contributed by atoms with Gasteiger partial charge < -0.3 is 10.1 Å². The van der Waals surface area contributed by atoms with Crippen LogP contribution < -0.4 is 10.1 Å². The van der Waals surface area contributed by atoms with Crippen LogP contribution >= 0.6 is 0 Å². The van der Waals surface area contributed by atoms with Crippen LogP contribution in [-0.2, 0) is 6.54 Å². The summed E-state index contributed by atoms with van der Waals surface area (Å²) in [5.74, 6) is 1.32. The van der Waals surface area contributed by atoms with Crippen molar-refractivity contribution in [2.24, 2.45) is 0 Å². The minimum Gasteiger partial charge on any atom is -0.493 e. The molecule has 2 unspecified atom stereocenters. The second-order valence-electron chi connectivity index (χ2n) is 4.93. The molecule has 0 bridgehead atoms. The molecule has 1 N–H and O–H groups in total. The Labute approximate surface area is 103 Å². The van der Waals surface area contributed by atoms with Crippen molar-refractivity contribution in [3.63, 3.8) is 0 Å². The van der Waals surface area contributed by atoms with E-state index >= 15 is 0 Å². The van der Waals surface area contributed by atoms with Gasteiger partial charge in [-0.1, -0.05) is 6.92 Å². The first kappa shape index (κ1) is 12.4. The molecule has 0 aromatic carbocycles. The average molecular weight is 237 g/mol. The molecule has 1 saturated carbocycles. The highest BCUT2D eigenvalue weighted by atomic mass is 16.5. The van der Waals surface area contributed by atoms with E-state index in [0.717, 1.165) is 18.3 Å². The normalized spacial score (nSPS) is 19.1. The van der Waals surface area contributed by atoms with Crippen LogP contribution in [-0.4, -0.2) is 29.0 Å². The Morgan fingerprint density at radius 1 is 1.53 bits per heavy atom. The molecule has 1 aromatic heterocycles. The molecule has 2 rings (SSSR count). The Kier molecular flexibility index (Phi) is 3.72. The van der Waals surface area contributed by atoms with E-state index in [9.17, 15) is 0 Å². The number of aromatic nitrogens is 2. The lowest BCUT2D eigenvalue weighted by Crippen LogP contribution is -2.33. The van der Waals surface area contributed by atoms with Crippen molar-refractivity contribution in [1.82, 2.24) is 15.1 Å². The van der Waals surface area contributed by atoms with Gasteiger partial charge in [0, 0.05) is 24.5 Å². The van der Waals surface area contributed by atoms with Crippen molar-refractivity contribution in [2.75, 3.05) is 7.11 Å². The molecule has 1 aliphatic rings. The number of nitrogens with one attached hydrogen (secondary N) is 1. The molecule has 1 aliphatic carbocycles. The van der Waals surface area contributed by atoms with Crippen LogP contribution in [0.1, 0.15) is 45.2 Å². The first-order valence-corrected chi connectivity index (χ1v) is 6.53. The number of methoxy groups -OCH3 is 1. The molecule has 1 aromatic rings. The minimum absolute atomic E-state index is 0.410. The molecule has 2 atom stereocenters. The monoisotopic (exact) mass is 237 g/mol. The van der Waals surface area contributed by atoms with Gasteiger partial charge in [-0.2, -0.15) is 5.10 Å². The highest BCUT2D eigenvalue weighted by molar-refractivity contribution is 5.29. The summed E-state index contributed by atoms with van der Waals surface area (Å²) in [5, 5.41) is 8.02. The van der Waals surface area contributed by atoms with Crippen LogP contribution in [0.5, 0.6) is 5.75 Å². The largest absolute Gasteiger partial charge is 0.493 e. The van der Waals surface area contributed by atoms with Gasteiger partial charge in [-0.25, -0.2) is 0 Å². The number of ether oxygens (including phenoxy) is 1. The van der Waals surface area contributed by atoms with Gasteiger partial charge in [0.2, 0.25) is 0 Å². The topological polar surface area (TPSA) is 39.1 Å². The molecule has 0 saturated heterocycles. The number of nitrogens with zero attached hydrogens (tertiary/aromatic N) is 2. The van der Waals surface area contributed by atoms with Crippen LogP contribution in [0.2, 0.25) is 0 Å². The van der Waals surface area contributed by atoms with Crippen LogP contribution in [0.15, 0.2) is 6.20 Å². The Balaban J connectivity index is 2.14. The van der Waals surface area contributed by atoms with Gasteiger partial charge in [0.1, 0.15) is 0 Å². The third-order valence-corrected chi connectivity index (χ3v) is 3.62. The summed E-state index contributed by atoms with van der Waals surface area (Å²) < 4.78 is 7.44.